The number of aryl methyl sites for hydroxylation is 1. The Balaban J connectivity index is 1.62. The van der Waals surface area contributed by atoms with Crippen LogP contribution in [0.25, 0.3) is 0 Å². The van der Waals surface area contributed by atoms with Gasteiger partial charge in [0.15, 0.2) is 0 Å². The lowest BCUT2D eigenvalue weighted by Crippen LogP contribution is -2.53. The van der Waals surface area contributed by atoms with Gasteiger partial charge < -0.3 is 10.0 Å². The third-order valence-corrected chi connectivity index (χ3v) is 8.28. The van der Waals surface area contributed by atoms with Crippen LogP contribution in [0.5, 0.6) is 0 Å². The quantitative estimate of drug-likeness (QED) is 0.797. The molecule has 1 amide bonds. The van der Waals surface area contributed by atoms with Gasteiger partial charge in [-0.15, -0.1) is 0 Å². The summed E-state index contributed by atoms with van der Waals surface area (Å²) >= 11 is 0. The molecule has 1 aromatic rings. The van der Waals surface area contributed by atoms with Gasteiger partial charge in [0, 0.05) is 19.5 Å². The lowest BCUT2D eigenvalue weighted by Gasteiger charge is -2.56. The van der Waals surface area contributed by atoms with Crippen LogP contribution in [0.1, 0.15) is 82.4 Å². The van der Waals surface area contributed by atoms with Crippen molar-refractivity contribution in [2.24, 2.45) is 17.3 Å². The van der Waals surface area contributed by atoms with Crippen molar-refractivity contribution in [3.8, 4) is 0 Å². The summed E-state index contributed by atoms with van der Waals surface area (Å²) in [5, 5.41) is 9.34. The van der Waals surface area contributed by atoms with E-state index < -0.39 is 11.9 Å². The van der Waals surface area contributed by atoms with Crippen LogP contribution in [0.3, 0.4) is 0 Å². The molecule has 0 spiro atoms. The van der Waals surface area contributed by atoms with Crippen molar-refractivity contribution in [2.75, 3.05) is 13.1 Å². The van der Waals surface area contributed by atoms with E-state index in [-0.39, 0.29) is 23.2 Å². The Morgan fingerprint density at radius 2 is 2.03 bits per heavy atom. The lowest BCUT2D eigenvalue weighted by atomic mass is 9.49. The van der Waals surface area contributed by atoms with Crippen LogP contribution in [0, 0.1) is 17.3 Å². The summed E-state index contributed by atoms with van der Waals surface area (Å²) in [6, 6.07) is 7.11. The Bertz CT molecular complexity index is 831. The van der Waals surface area contributed by atoms with Crippen molar-refractivity contribution in [1.29, 1.82) is 0 Å². The van der Waals surface area contributed by atoms with Crippen molar-refractivity contribution < 1.29 is 14.7 Å². The molecule has 1 aromatic carbocycles. The molecule has 1 N–H and O–H groups in total. The van der Waals surface area contributed by atoms with Crippen molar-refractivity contribution >= 4 is 11.9 Å². The van der Waals surface area contributed by atoms with Crippen LogP contribution < -0.4 is 0 Å². The number of carboxylic acids is 1. The molecule has 1 aliphatic heterocycles. The van der Waals surface area contributed by atoms with Gasteiger partial charge in [-0.05, 0) is 65.0 Å². The number of carbonyl (C=O) groups is 2. The van der Waals surface area contributed by atoms with Gasteiger partial charge in [0.1, 0.15) is 0 Å². The van der Waals surface area contributed by atoms with Gasteiger partial charge in [0.05, 0.1) is 5.92 Å². The first-order valence-corrected chi connectivity index (χ1v) is 11.3. The second kappa shape index (κ2) is 7.14. The Morgan fingerprint density at radius 1 is 1.28 bits per heavy atom. The van der Waals surface area contributed by atoms with Gasteiger partial charge in [-0.2, -0.15) is 0 Å². The van der Waals surface area contributed by atoms with Gasteiger partial charge in [-0.25, -0.2) is 0 Å². The van der Waals surface area contributed by atoms with Gasteiger partial charge in [0.2, 0.25) is 5.91 Å². The molecule has 4 rings (SSSR count). The zero-order valence-electron chi connectivity index (χ0n) is 18.3. The molecule has 4 heteroatoms. The number of hydrogen-bond donors (Lipinski definition) is 1. The molecule has 158 valence electrons. The van der Waals surface area contributed by atoms with Crippen LogP contribution in [0.15, 0.2) is 18.2 Å². The molecule has 0 radical (unpaired) electrons. The van der Waals surface area contributed by atoms with Crippen LogP contribution in [0.4, 0.5) is 0 Å². The largest absolute Gasteiger partial charge is 0.481 e. The molecule has 1 heterocycles. The van der Waals surface area contributed by atoms with E-state index in [9.17, 15) is 14.7 Å². The predicted molar refractivity (Wildman–Crippen MR) is 114 cm³/mol. The highest BCUT2D eigenvalue weighted by atomic mass is 16.4. The predicted octanol–water partition coefficient (Wildman–Crippen LogP) is 4.75. The van der Waals surface area contributed by atoms with Gasteiger partial charge in [-0.1, -0.05) is 52.3 Å². The standard InChI is InChI=1S/C25H35NO3/c1-16(2)17-6-8-20-18(12-17)7-9-21-24(3,10-5-11-25(20,21)4)15-26-14-19(23(28)29)13-22(26)27/h6,8,12,16,19,21H,5,7,9-11,13-15H2,1-4H3,(H,28,29). The van der Waals surface area contributed by atoms with E-state index in [0.717, 1.165) is 19.3 Å². The maximum atomic E-state index is 12.5. The SMILES string of the molecule is CC(C)c1ccc2c(c1)CCC1C(C)(CN3CC(C(=O)O)CC3=O)CCCC21C. The molecule has 4 nitrogen and oxygen atoms in total. The molecule has 0 bridgehead atoms. The minimum absolute atomic E-state index is 0.0173. The fourth-order valence-corrected chi connectivity index (χ4v) is 6.72. The van der Waals surface area contributed by atoms with Crippen LogP contribution >= 0.6 is 0 Å². The second-order valence-electron chi connectivity index (χ2n) is 10.6. The zero-order chi connectivity index (χ0) is 21.0. The Morgan fingerprint density at radius 3 is 2.69 bits per heavy atom. The molecule has 2 aliphatic carbocycles. The zero-order valence-corrected chi connectivity index (χ0v) is 18.3. The van der Waals surface area contributed by atoms with Crippen LogP contribution in [0.2, 0.25) is 0 Å². The highest BCUT2D eigenvalue weighted by Crippen LogP contribution is 2.57. The Kier molecular flexibility index (Phi) is 5.03. The number of benzene rings is 1. The molecule has 4 atom stereocenters. The maximum absolute atomic E-state index is 12.5. The van der Waals surface area contributed by atoms with E-state index >= 15 is 0 Å². The van der Waals surface area contributed by atoms with Crippen molar-refractivity contribution in [1.82, 2.24) is 4.90 Å². The maximum Gasteiger partial charge on any atom is 0.308 e. The fourth-order valence-electron chi connectivity index (χ4n) is 6.72. The molecule has 4 unspecified atom stereocenters. The third kappa shape index (κ3) is 3.39. The summed E-state index contributed by atoms with van der Waals surface area (Å²) < 4.78 is 0. The van der Waals surface area contributed by atoms with E-state index in [1.807, 2.05) is 4.90 Å². The fraction of sp³-hybridized carbons (Fsp3) is 0.680. The number of likely N-dealkylation sites (tertiary alicyclic amines) is 1. The number of nitrogens with zero attached hydrogens (tertiary/aromatic N) is 1. The minimum atomic E-state index is -0.841. The first-order valence-electron chi connectivity index (χ1n) is 11.3. The molecule has 1 saturated heterocycles. The smallest absolute Gasteiger partial charge is 0.308 e. The number of hydrogen-bond acceptors (Lipinski definition) is 2. The highest BCUT2D eigenvalue weighted by molar-refractivity contribution is 5.86. The number of rotatable bonds is 4. The van der Waals surface area contributed by atoms with Crippen molar-refractivity contribution in [3.63, 3.8) is 0 Å². The van der Waals surface area contributed by atoms with Crippen molar-refractivity contribution in [2.45, 2.75) is 77.6 Å². The van der Waals surface area contributed by atoms with Crippen LogP contribution in [-0.4, -0.2) is 35.0 Å². The number of fused-ring (bicyclic) bond motifs is 3. The molecular formula is C25H35NO3. The molecule has 29 heavy (non-hydrogen) atoms. The first-order chi connectivity index (χ1) is 13.6. The topological polar surface area (TPSA) is 57.6 Å². The monoisotopic (exact) mass is 397 g/mol. The average molecular weight is 398 g/mol. The lowest BCUT2D eigenvalue weighted by molar-refractivity contribution is -0.141. The van der Waals surface area contributed by atoms with Gasteiger partial charge in [0.25, 0.3) is 0 Å². The Hall–Kier alpha value is -1.84. The number of carbonyl (C=O) groups excluding carboxylic acids is 1. The average Bonchev–Trinajstić information content (AvgIpc) is 3.01. The summed E-state index contributed by atoms with van der Waals surface area (Å²) in [6.07, 6.45) is 5.91. The summed E-state index contributed by atoms with van der Waals surface area (Å²) in [7, 11) is 0. The molecular weight excluding hydrogens is 362 g/mol. The first kappa shape index (κ1) is 20.4. The van der Waals surface area contributed by atoms with E-state index in [4.69, 9.17) is 0 Å². The van der Waals surface area contributed by atoms with E-state index in [0.29, 0.717) is 24.9 Å². The number of carboxylic acid groups (broad SMARTS) is 1. The normalized spacial score (nSPS) is 34.2. The summed E-state index contributed by atoms with van der Waals surface area (Å²) in [6.45, 7) is 10.4. The van der Waals surface area contributed by atoms with E-state index in [1.165, 1.54) is 29.5 Å². The Labute approximate surface area is 174 Å². The minimum Gasteiger partial charge on any atom is -0.481 e. The van der Waals surface area contributed by atoms with Gasteiger partial charge >= 0.3 is 5.97 Å². The van der Waals surface area contributed by atoms with Crippen LogP contribution in [-0.2, 0) is 21.4 Å². The molecule has 0 aromatic heterocycles. The number of amides is 1. The molecule has 3 aliphatic rings. The molecule has 2 fully saturated rings. The summed E-state index contributed by atoms with van der Waals surface area (Å²) in [5.74, 6) is -0.290. The molecule has 1 saturated carbocycles. The third-order valence-electron chi connectivity index (χ3n) is 8.28. The van der Waals surface area contributed by atoms with E-state index in [2.05, 4.69) is 45.9 Å². The second-order valence-corrected chi connectivity index (χ2v) is 10.6. The number of aliphatic carboxylic acids is 1. The van der Waals surface area contributed by atoms with Crippen molar-refractivity contribution in [3.05, 3.63) is 34.9 Å². The summed E-state index contributed by atoms with van der Waals surface area (Å²) in [5.41, 5.74) is 4.64. The van der Waals surface area contributed by atoms with Gasteiger partial charge in [-0.3, -0.25) is 9.59 Å². The summed E-state index contributed by atoms with van der Waals surface area (Å²) in [4.78, 5) is 25.7. The highest BCUT2D eigenvalue weighted by Gasteiger charge is 2.53. The van der Waals surface area contributed by atoms with E-state index in [1.54, 1.807) is 0 Å².